The molecular weight excluding hydrogens is 264 g/mol. The summed E-state index contributed by atoms with van der Waals surface area (Å²) in [6.45, 7) is 4.13. The van der Waals surface area contributed by atoms with Gasteiger partial charge in [-0.05, 0) is 26.3 Å². The van der Waals surface area contributed by atoms with Crippen LogP contribution in [0.15, 0.2) is 24.3 Å². The van der Waals surface area contributed by atoms with E-state index in [-0.39, 0.29) is 42.2 Å². The first kappa shape index (κ1) is 16.6. The van der Waals surface area contributed by atoms with E-state index in [9.17, 15) is 9.50 Å². The molecule has 2 N–H and O–H groups in total. The number of rotatable bonds is 2. The van der Waals surface area contributed by atoms with E-state index >= 15 is 0 Å². The molecule has 0 radical (unpaired) electrons. The van der Waals surface area contributed by atoms with Gasteiger partial charge in [-0.25, -0.2) is 4.39 Å². The Morgan fingerprint density at radius 3 is 2.35 bits per heavy atom. The Hall–Kier alpha value is -0.350. The van der Waals surface area contributed by atoms with E-state index in [2.05, 4.69) is 19.2 Å². The molecule has 0 amide bonds. The lowest BCUT2D eigenvalue weighted by Crippen LogP contribution is -2.62. The fraction of sp³-hybridized carbons (Fsp3) is 0.500. The second-order valence-corrected chi connectivity index (χ2v) is 4.81. The second kappa shape index (κ2) is 6.01. The van der Waals surface area contributed by atoms with Crippen LogP contribution in [0, 0.1) is 5.82 Å². The number of halogens is 3. The summed E-state index contributed by atoms with van der Waals surface area (Å²) in [6, 6.07) is 6.35. The molecule has 1 aromatic rings. The van der Waals surface area contributed by atoms with Crippen molar-refractivity contribution in [3.63, 3.8) is 0 Å². The lowest BCUT2D eigenvalue weighted by Gasteiger charge is -2.46. The van der Waals surface area contributed by atoms with Gasteiger partial charge in [-0.3, -0.25) is 0 Å². The number of nitrogens with one attached hydrogen (secondary N) is 1. The van der Waals surface area contributed by atoms with Crippen LogP contribution >= 0.6 is 24.8 Å². The van der Waals surface area contributed by atoms with Crippen molar-refractivity contribution in [2.45, 2.75) is 38.0 Å². The van der Waals surface area contributed by atoms with Crippen LogP contribution in [0.3, 0.4) is 0 Å². The molecule has 1 unspecified atom stereocenters. The Labute approximate surface area is 113 Å². The van der Waals surface area contributed by atoms with E-state index in [1.807, 2.05) is 0 Å². The molecule has 17 heavy (non-hydrogen) atoms. The van der Waals surface area contributed by atoms with Gasteiger partial charge in [-0.1, -0.05) is 18.2 Å². The molecule has 2 atom stereocenters. The van der Waals surface area contributed by atoms with Crippen molar-refractivity contribution in [1.82, 2.24) is 5.32 Å². The summed E-state index contributed by atoms with van der Waals surface area (Å²) in [5.74, 6) is -0.337. The van der Waals surface area contributed by atoms with Crippen LogP contribution in [0.4, 0.5) is 4.39 Å². The number of aliphatic hydroxyl groups is 1. The average molecular weight is 282 g/mol. The SMILES string of the molecule is CC1(C)CC([C@H](O)c2ccccc2F)N1.Cl.Cl. The quantitative estimate of drug-likeness (QED) is 0.874. The Balaban J connectivity index is 0.00000128. The van der Waals surface area contributed by atoms with Crippen molar-refractivity contribution in [3.05, 3.63) is 35.6 Å². The lowest BCUT2D eigenvalue weighted by atomic mass is 9.80. The minimum absolute atomic E-state index is 0. The standard InChI is InChI=1S/C12H16FNO.2ClH/c1-12(2)7-10(14-12)11(15)8-5-3-4-6-9(8)13;;/h3-6,10-11,14-15H,7H2,1-2H3;2*1H/t10?,11-;;/m1../s1. The van der Waals surface area contributed by atoms with Gasteiger partial charge in [-0.2, -0.15) is 0 Å². The van der Waals surface area contributed by atoms with E-state index in [4.69, 9.17) is 0 Å². The monoisotopic (exact) mass is 281 g/mol. The minimum Gasteiger partial charge on any atom is -0.387 e. The van der Waals surface area contributed by atoms with Crippen molar-refractivity contribution in [3.8, 4) is 0 Å². The van der Waals surface area contributed by atoms with Gasteiger partial charge in [0.25, 0.3) is 0 Å². The maximum atomic E-state index is 13.4. The van der Waals surface area contributed by atoms with Gasteiger partial charge in [0, 0.05) is 17.1 Å². The highest BCUT2D eigenvalue weighted by atomic mass is 35.5. The highest BCUT2D eigenvalue weighted by Crippen LogP contribution is 2.32. The summed E-state index contributed by atoms with van der Waals surface area (Å²) in [5, 5.41) is 13.2. The topological polar surface area (TPSA) is 32.3 Å². The summed E-state index contributed by atoms with van der Waals surface area (Å²) in [4.78, 5) is 0. The van der Waals surface area contributed by atoms with Crippen molar-refractivity contribution in [1.29, 1.82) is 0 Å². The summed E-state index contributed by atoms with van der Waals surface area (Å²) in [6.07, 6.45) is 0.113. The van der Waals surface area contributed by atoms with Crippen LogP contribution in [0.5, 0.6) is 0 Å². The largest absolute Gasteiger partial charge is 0.387 e. The predicted molar refractivity (Wildman–Crippen MR) is 71.5 cm³/mol. The molecule has 0 spiro atoms. The van der Waals surface area contributed by atoms with Crippen molar-refractivity contribution >= 4 is 24.8 Å². The van der Waals surface area contributed by atoms with Gasteiger partial charge in [0.1, 0.15) is 5.82 Å². The molecule has 5 heteroatoms. The van der Waals surface area contributed by atoms with Crippen molar-refractivity contribution < 1.29 is 9.50 Å². The van der Waals surface area contributed by atoms with Gasteiger partial charge in [0.15, 0.2) is 0 Å². The zero-order valence-electron chi connectivity index (χ0n) is 9.81. The van der Waals surface area contributed by atoms with Gasteiger partial charge < -0.3 is 10.4 Å². The smallest absolute Gasteiger partial charge is 0.129 e. The molecule has 1 aromatic carbocycles. The molecule has 0 saturated carbocycles. The third-order valence-corrected chi connectivity index (χ3v) is 2.91. The van der Waals surface area contributed by atoms with Gasteiger partial charge in [0.05, 0.1) is 6.10 Å². The molecule has 98 valence electrons. The van der Waals surface area contributed by atoms with E-state index in [0.29, 0.717) is 5.56 Å². The van der Waals surface area contributed by atoms with Crippen LogP contribution in [-0.4, -0.2) is 16.7 Å². The maximum Gasteiger partial charge on any atom is 0.129 e. The molecule has 2 nitrogen and oxygen atoms in total. The van der Waals surface area contributed by atoms with Gasteiger partial charge in [0.2, 0.25) is 0 Å². The lowest BCUT2D eigenvalue weighted by molar-refractivity contribution is 0.0369. The van der Waals surface area contributed by atoms with Crippen LogP contribution < -0.4 is 5.32 Å². The number of benzene rings is 1. The summed E-state index contributed by atoms with van der Waals surface area (Å²) < 4.78 is 13.4. The summed E-state index contributed by atoms with van der Waals surface area (Å²) in [5.41, 5.74) is 0.446. The number of hydrogen-bond donors (Lipinski definition) is 2. The van der Waals surface area contributed by atoms with E-state index in [0.717, 1.165) is 6.42 Å². The summed E-state index contributed by atoms with van der Waals surface area (Å²) in [7, 11) is 0. The van der Waals surface area contributed by atoms with E-state index in [1.54, 1.807) is 18.2 Å². The second-order valence-electron chi connectivity index (χ2n) is 4.81. The summed E-state index contributed by atoms with van der Waals surface area (Å²) >= 11 is 0. The Morgan fingerprint density at radius 2 is 1.88 bits per heavy atom. The first-order chi connectivity index (χ1) is 6.99. The van der Waals surface area contributed by atoms with Crippen LogP contribution in [0.1, 0.15) is 31.9 Å². The number of aliphatic hydroxyl groups excluding tert-OH is 1. The third-order valence-electron chi connectivity index (χ3n) is 2.91. The molecule has 0 aliphatic carbocycles. The van der Waals surface area contributed by atoms with Crippen LogP contribution in [0.2, 0.25) is 0 Å². The normalized spacial score (nSPS) is 22.7. The molecule has 0 bridgehead atoms. The molecule has 1 aliphatic rings. The molecule has 1 aliphatic heterocycles. The van der Waals surface area contributed by atoms with E-state index in [1.165, 1.54) is 6.07 Å². The Bertz CT molecular complexity index is 365. The Kier molecular flexibility index (Phi) is 5.88. The average Bonchev–Trinajstić information content (AvgIpc) is 2.14. The highest BCUT2D eigenvalue weighted by molar-refractivity contribution is 5.85. The molecule has 2 rings (SSSR count). The first-order valence-electron chi connectivity index (χ1n) is 5.20. The van der Waals surface area contributed by atoms with Gasteiger partial charge in [-0.15, -0.1) is 24.8 Å². The zero-order valence-corrected chi connectivity index (χ0v) is 11.4. The molecule has 1 saturated heterocycles. The third kappa shape index (κ3) is 3.55. The minimum atomic E-state index is -0.751. The number of hydrogen-bond acceptors (Lipinski definition) is 2. The van der Waals surface area contributed by atoms with Gasteiger partial charge >= 0.3 is 0 Å². The van der Waals surface area contributed by atoms with Crippen molar-refractivity contribution in [2.24, 2.45) is 0 Å². The molecule has 1 fully saturated rings. The first-order valence-corrected chi connectivity index (χ1v) is 5.20. The Morgan fingerprint density at radius 1 is 1.35 bits per heavy atom. The van der Waals surface area contributed by atoms with E-state index < -0.39 is 6.10 Å². The van der Waals surface area contributed by atoms with Crippen molar-refractivity contribution in [2.75, 3.05) is 0 Å². The van der Waals surface area contributed by atoms with Crippen LogP contribution in [0.25, 0.3) is 0 Å². The predicted octanol–water partition coefficient (Wildman–Crippen LogP) is 2.84. The maximum absolute atomic E-state index is 13.4. The molecule has 0 aromatic heterocycles. The van der Waals surface area contributed by atoms with Crippen LogP contribution in [-0.2, 0) is 0 Å². The fourth-order valence-electron chi connectivity index (χ4n) is 2.15. The fourth-order valence-corrected chi connectivity index (χ4v) is 2.15. The molecular formula is C12H18Cl2FNO. The highest BCUT2D eigenvalue weighted by Gasteiger charge is 2.40. The zero-order chi connectivity index (χ0) is 11.1. The molecule has 1 heterocycles.